The van der Waals surface area contributed by atoms with Gasteiger partial charge < -0.3 is 0 Å². The molecule has 0 bridgehead atoms. The molecule has 0 fully saturated rings. The molecule has 1 unspecified atom stereocenters. The minimum absolute atomic E-state index is 0.0682. The Morgan fingerprint density at radius 3 is 2.25 bits per heavy atom. The molecule has 1 aliphatic heterocycles. The summed E-state index contributed by atoms with van der Waals surface area (Å²) in [6.07, 6.45) is 0. The van der Waals surface area contributed by atoms with Gasteiger partial charge in [0, 0.05) is 0 Å². The van der Waals surface area contributed by atoms with Crippen LogP contribution in [0.1, 0.15) is 19.3 Å². The minimum atomic E-state index is -4.67. The predicted octanol–water partition coefficient (Wildman–Crippen LogP) is 0.371. The van der Waals surface area contributed by atoms with Crippen molar-refractivity contribution in [2.75, 3.05) is 0 Å². The number of rotatable bonds is 0. The van der Waals surface area contributed by atoms with Gasteiger partial charge in [0.2, 0.25) is 0 Å². The largest absolute Gasteiger partial charge is 0.394 e. The summed E-state index contributed by atoms with van der Waals surface area (Å²) in [6.45, 7) is 0. The first-order valence-corrected chi connectivity index (χ1v) is 6.84. The summed E-state index contributed by atoms with van der Waals surface area (Å²) < 4.78 is 36.7. The van der Waals surface area contributed by atoms with Crippen LogP contribution in [0.25, 0.3) is 0 Å². The van der Waals surface area contributed by atoms with E-state index in [1.165, 1.54) is 0 Å². The number of fused-ring (bicyclic) bond motifs is 1. The molecular formula is C8H7NaO6S. The van der Waals surface area contributed by atoms with Gasteiger partial charge in [-0.2, -0.15) is 8.42 Å². The Balaban J connectivity index is 0.000000221. The van der Waals surface area contributed by atoms with E-state index < -0.39 is 10.4 Å². The van der Waals surface area contributed by atoms with E-state index in [1.807, 2.05) is 24.3 Å². The average molecular weight is 254 g/mol. The molecule has 1 aliphatic rings. The third-order valence-electron chi connectivity index (χ3n) is 1.90. The Labute approximate surface area is 110 Å². The van der Waals surface area contributed by atoms with Gasteiger partial charge in [-0.3, -0.25) is 9.11 Å². The molecule has 0 spiro atoms. The van der Waals surface area contributed by atoms with E-state index in [0.29, 0.717) is 0 Å². The summed E-state index contributed by atoms with van der Waals surface area (Å²) in [5, 5.41) is 0. The van der Waals surface area contributed by atoms with E-state index in [0.717, 1.165) is 39.1 Å². The van der Waals surface area contributed by atoms with Crippen LogP contribution in [0.3, 0.4) is 0 Å². The van der Waals surface area contributed by atoms with Crippen molar-refractivity contribution in [1.82, 2.24) is 0 Å². The molecule has 8 heteroatoms. The number of carbonyl (C=O) groups excluding carboxylic acids is 1. The number of benzene rings is 1. The minimum Gasteiger partial charge on any atom is -0.264 e. The molecule has 1 aromatic carbocycles. The maximum atomic E-state index is 11.1. The monoisotopic (exact) mass is 254 g/mol. The molecule has 0 amide bonds. The Kier molecular flexibility index (Phi) is 4.48. The molecule has 16 heavy (non-hydrogen) atoms. The predicted molar refractivity (Wildman–Crippen MR) is 54.5 cm³/mol. The third kappa shape index (κ3) is 4.20. The zero-order chi connectivity index (χ0) is 12.3. The molecule has 0 radical (unpaired) electrons. The second kappa shape index (κ2) is 5.26. The Hall–Kier alpha value is -0.440. The van der Waals surface area contributed by atoms with Crippen molar-refractivity contribution in [3.05, 3.63) is 35.4 Å². The molecule has 1 atom stereocenters. The van der Waals surface area contributed by atoms with Crippen molar-refractivity contribution >= 4 is 44.3 Å². The zero-order valence-electron chi connectivity index (χ0n) is 8.32. The fourth-order valence-corrected chi connectivity index (χ4v) is 2.04. The summed E-state index contributed by atoms with van der Waals surface area (Å²) in [4.78, 5) is 11.1. The van der Waals surface area contributed by atoms with Gasteiger partial charge in [0.05, 0.1) is 0 Å². The van der Waals surface area contributed by atoms with Crippen molar-refractivity contribution in [3.63, 3.8) is 0 Å². The van der Waals surface area contributed by atoms with Gasteiger partial charge >= 0.3 is 92.6 Å². The van der Waals surface area contributed by atoms with Crippen LogP contribution in [0.5, 0.6) is 0 Å². The van der Waals surface area contributed by atoms with E-state index >= 15 is 0 Å². The van der Waals surface area contributed by atoms with E-state index in [2.05, 4.69) is 0 Å². The smallest absolute Gasteiger partial charge is 0.264 e. The quantitative estimate of drug-likeness (QED) is 0.394. The van der Waals surface area contributed by atoms with Gasteiger partial charge in [-0.25, -0.2) is 0 Å². The Bertz CT molecular complexity index is 489. The normalized spacial score (nSPS) is 18.2. The first kappa shape index (κ1) is 13.6. The first-order chi connectivity index (χ1) is 7.29. The molecule has 1 aromatic rings. The van der Waals surface area contributed by atoms with Crippen LogP contribution in [-0.4, -0.2) is 51.4 Å². The topological polar surface area (TPSA) is 101 Å². The van der Waals surface area contributed by atoms with Gasteiger partial charge in [0.25, 0.3) is 0 Å². The second-order valence-electron chi connectivity index (χ2n) is 3.08. The maximum absolute atomic E-state index is 11.1. The molecule has 0 aliphatic carbocycles. The number of carbonyl (C=O) groups is 1. The Morgan fingerprint density at radius 1 is 1.25 bits per heavy atom. The van der Waals surface area contributed by atoms with Crippen molar-refractivity contribution < 1.29 is 27.1 Å². The maximum Gasteiger partial charge on any atom is 0.394 e. The fraction of sp³-hybridized carbons (Fsp3) is 0.125. The van der Waals surface area contributed by atoms with Crippen LogP contribution in [0.15, 0.2) is 24.3 Å². The van der Waals surface area contributed by atoms with Crippen LogP contribution < -0.4 is 0 Å². The van der Waals surface area contributed by atoms with Gasteiger partial charge in [-0.1, -0.05) is 0 Å². The van der Waals surface area contributed by atoms with Gasteiger partial charge in [-0.15, -0.1) is 0 Å². The number of cyclic esters (lactones) is 1. The second-order valence-corrected chi connectivity index (χ2v) is 5.03. The summed E-state index contributed by atoms with van der Waals surface area (Å²) >= 11 is 0.875. The molecule has 0 saturated heterocycles. The van der Waals surface area contributed by atoms with Crippen LogP contribution in [0.2, 0.25) is 0 Å². The van der Waals surface area contributed by atoms with Crippen LogP contribution in [0.4, 0.5) is 0 Å². The zero-order valence-corrected chi connectivity index (χ0v) is 11.1. The van der Waals surface area contributed by atoms with E-state index in [4.69, 9.17) is 22.3 Å². The molecule has 6 nitrogen and oxygen atoms in total. The molecule has 2 rings (SSSR count). The number of esters is 1. The Morgan fingerprint density at radius 2 is 1.75 bits per heavy atom. The van der Waals surface area contributed by atoms with E-state index in [9.17, 15) is 4.79 Å². The summed E-state index contributed by atoms with van der Waals surface area (Å²) in [5.74, 6) is -0.166. The molecular weight excluding hydrogens is 247 g/mol. The van der Waals surface area contributed by atoms with Crippen LogP contribution >= 0.6 is 0 Å². The van der Waals surface area contributed by atoms with Gasteiger partial charge in [0.1, 0.15) is 0 Å². The molecule has 82 valence electrons. The fourth-order valence-electron chi connectivity index (χ4n) is 1.32. The molecule has 1 heterocycles. The van der Waals surface area contributed by atoms with Crippen LogP contribution in [0, 0.1) is 0 Å². The number of hydrogen-bond acceptors (Lipinski definition) is 4. The molecule has 2 N–H and O–H groups in total. The summed E-state index contributed by atoms with van der Waals surface area (Å²) in [5.41, 5.74) is 1.80. The van der Waals surface area contributed by atoms with Crippen LogP contribution in [-0.2, 0) is 15.1 Å². The molecule has 0 saturated carbocycles. The van der Waals surface area contributed by atoms with Crippen molar-refractivity contribution in [3.8, 4) is 0 Å². The summed E-state index contributed by atoms with van der Waals surface area (Å²) in [7, 11) is -4.67. The van der Waals surface area contributed by atoms with Gasteiger partial charge in [0.15, 0.2) is 0 Å². The van der Waals surface area contributed by atoms with Gasteiger partial charge in [-0.05, 0) is 0 Å². The first-order valence-electron chi connectivity index (χ1n) is 4.29. The average Bonchev–Trinajstić information content (AvgIpc) is 2.41. The van der Waals surface area contributed by atoms with Crippen molar-refractivity contribution in [2.24, 2.45) is 0 Å². The SMILES string of the molecule is O=C1O[CH]([Na])c2ccccc21.O=S(=O)(O)O. The number of hydrogen-bond donors (Lipinski definition) is 2. The standard InChI is InChI=1S/C8H5O2.Na.H2O4S/c9-8-7-4-2-1-3-6(7)5-10-8;;1-5(2,3)4/h1-5H;;(H2,1,2,3,4). The van der Waals surface area contributed by atoms with Crippen molar-refractivity contribution in [1.29, 1.82) is 0 Å². The summed E-state index contributed by atoms with van der Waals surface area (Å²) in [6, 6.07) is 7.57. The van der Waals surface area contributed by atoms with Crippen molar-refractivity contribution in [2.45, 2.75) is 3.35 Å². The number of ether oxygens (including phenoxy) is 1. The third-order valence-corrected chi connectivity index (χ3v) is 2.76. The molecule has 0 aromatic heterocycles. The van der Waals surface area contributed by atoms with E-state index in [1.54, 1.807) is 0 Å². The van der Waals surface area contributed by atoms with E-state index in [-0.39, 0.29) is 9.32 Å².